The molecule has 0 saturated carbocycles. The Kier molecular flexibility index (Phi) is 11.6. The van der Waals surface area contributed by atoms with Gasteiger partial charge in [0.05, 0.1) is 13.2 Å². The lowest BCUT2D eigenvalue weighted by atomic mass is 9.73. The lowest BCUT2D eigenvalue weighted by molar-refractivity contribution is 0.134. The Labute approximate surface area is 237 Å². The first-order chi connectivity index (χ1) is 19.0. The van der Waals surface area contributed by atoms with E-state index in [2.05, 4.69) is 26.5 Å². The minimum Gasteiger partial charge on any atom is -0.507 e. The van der Waals surface area contributed by atoms with Crippen molar-refractivity contribution in [2.45, 2.75) is 65.4 Å². The van der Waals surface area contributed by atoms with Crippen LogP contribution >= 0.6 is 7.82 Å². The van der Waals surface area contributed by atoms with Gasteiger partial charge in [-0.2, -0.15) is 0 Å². The van der Waals surface area contributed by atoms with Crippen LogP contribution in [0.15, 0.2) is 66.3 Å². The van der Waals surface area contributed by atoms with Crippen LogP contribution in [0.2, 0.25) is 0 Å². The molecule has 2 N–H and O–H groups in total. The van der Waals surface area contributed by atoms with E-state index in [0.717, 1.165) is 42.4 Å². The third-order valence-corrected chi connectivity index (χ3v) is 8.03. The van der Waals surface area contributed by atoms with Gasteiger partial charge in [-0.05, 0) is 68.7 Å². The molecular formula is C31H42NO7P. The Hall–Kier alpha value is -2.90. The lowest BCUT2D eigenvalue weighted by Crippen LogP contribution is -2.31. The summed E-state index contributed by atoms with van der Waals surface area (Å²) < 4.78 is 28.2. The first kappa shape index (κ1) is 31.6. The van der Waals surface area contributed by atoms with Crippen LogP contribution < -0.4 is 4.74 Å². The molecule has 2 aromatic carbocycles. The van der Waals surface area contributed by atoms with Gasteiger partial charge in [0.15, 0.2) is 0 Å². The maximum atomic E-state index is 13.1. The van der Waals surface area contributed by atoms with Crippen molar-refractivity contribution in [3.05, 3.63) is 83.0 Å². The monoisotopic (exact) mass is 571 g/mol. The smallest absolute Gasteiger partial charge is 0.472 e. The molecule has 8 nitrogen and oxygen atoms in total. The molecule has 0 bridgehead atoms. The number of phosphoric acid groups is 1. The third kappa shape index (κ3) is 9.07. The van der Waals surface area contributed by atoms with Crippen molar-refractivity contribution in [2.75, 3.05) is 20.2 Å². The number of phosphoric ester groups is 1. The Morgan fingerprint density at radius 2 is 1.90 bits per heavy atom. The molecule has 0 radical (unpaired) electrons. The second kappa shape index (κ2) is 14.6. The van der Waals surface area contributed by atoms with E-state index in [-0.39, 0.29) is 37.3 Å². The molecule has 3 atom stereocenters. The van der Waals surface area contributed by atoms with E-state index < -0.39 is 13.9 Å². The van der Waals surface area contributed by atoms with Gasteiger partial charge in [-0.15, -0.1) is 0 Å². The summed E-state index contributed by atoms with van der Waals surface area (Å²) in [6.07, 6.45) is 5.33. The standard InChI is InChI=1S/C31H42NO7P/c1-6-11-25-19-28(33)30(27-18-23(4)14-15-26(27)22(2)3)29(20-25)39-31(34)32(5)16-10-17-37-40(35,36)38-21-24-12-8-7-9-13-24/h7-9,12-13,18-20,26-27,33H,2,6,10-11,14-17,21H2,1,3-5H3,(H,35,36)/t26-,27+/m0/s1. The molecule has 0 aliphatic heterocycles. The Morgan fingerprint density at radius 1 is 1.18 bits per heavy atom. The first-order valence-electron chi connectivity index (χ1n) is 13.8. The highest BCUT2D eigenvalue weighted by atomic mass is 31.2. The van der Waals surface area contributed by atoms with Gasteiger partial charge in [0, 0.05) is 25.1 Å². The topological polar surface area (TPSA) is 106 Å². The molecule has 218 valence electrons. The van der Waals surface area contributed by atoms with Gasteiger partial charge in [0.25, 0.3) is 0 Å². The summed E-state index contributed by atoms with van der Waals surface area (Å²) in [6.45, 7) is 10.4. The highest BCUT2D eigenvalue weighted by Gasteiger charge is 2.31. The van der Waals surface area contributed by atoms with Gasteiger partial charge in [0.1, 0.15) is 11.5 Å². The summed E-state index contributed by atoms with van der Waals surface area (Å²) >= 11 is 0. The van der Waals surface area contributed by atoms with Crippen LogP contribution in [0.4, 0.5) is 4.79 Å². The number of aromatic hydroxyl groups is 1. The van der Waals surface area contributed by atoms with E-state index in [9.17, 15) is 19.4 Å². The average Bonchev–Trinajstić information content (AvgIpc) is 2.90. The number of hydrogen-bond donors (Lipinski definition) is 2. The predicted octanol–water partition coefficient (Wildman–Crippen LogP) is 7.52. The van der Waals surface area contributed by atoms with E-state index in [1.54, 1.807) is 25.2 Å². The number of carbonyl (C=O) groups is 1. The molecular weight excluding hydrogens is 529 g/mol. The molecule has 40 heavy (non-hydrogen) atoms. The SMILES string of the molecule is C=C(C)[C@@H]1CCC(C)=C[C@H]1c1c(O)cc(CCC)cc1OC(=O)N(C)CCCOP(=O)(O)OCc1ccccc1. The van der Waals surface area contributed by atoms with Crippen molar-refractivity contribution >= 4 is 13.9 Å². The summed E-state index contributed by atoms with van der Waals surface area (Å²) in [4.78, 5) is 24.4. The summed E-state index contributed by atoms with van der Waals surface area (Å²) in [7, 11) is -2.64. The normalized spacial score (nSPS) is 18.5. The predicted molar refractivity (Wildman–Crippen MR) is 156 cm³/mol. The molecule has 1 unspecified atom stereocenters. The molecule has 0 spiro atoms. The quantitative estimate of drug-likeness (QED) is 0.146. The van der Waals surface area contributed by atoms with Gasteiger partial charge in [0.2, 0.25) is 0 Å². The zero-order chi connectivity index (χ0) is 29.3. The molecule has 1 aliphatic rings. The van der Waals surface area contributed by atoms with Crippen molar-refractivity contribution in [1.29, 1.82) is 0 Å². The molecule has 3 rings (SSSR count). The van der Waals surface area contributed by atoms with Crippen molar-refractivity contribution in [3.63, 3.8) is 0 Å². The van der Waals surface area contributed by atoms with Gasteiger partial charge in [-0.25, -0.2) is 9.36 Å². The molecule has 9 heteroatoms. The molecule has 0 fully saturated rings. The highest BCUT2D eigenvalue weighted by molar-refractivity contribution is 7.47. The van der Waals surface area contributed by atoms with E-state index in [1.165, 1.54) is 10.5 Å². The molecule has 0 aromatic heterocycles. The fourth-order valence-electron chi connectivity index (χ4n) is 4.94. The maximum absolute atomic E-state index is 13.1. The number of phenols is 1. The number of benzene rings is 2. The summed E-state index contributed by atoms with van der Waals surface area (Å²) in [5.41, 5.74) is 4.48. The van der Waals surface area contributed by atoms with Crippen molar-refractivity contribution < 1.29 is 33.1 Å². The van der Waals surface area contributed by atoms with Crippen LogP contribution in [0.3, 0.4) is 0 Å². The number of allylic oxidation sites excluding steroid dienone is 3. The number of carbonyl (C=O) groups excluding carboxylic acids is 1. The van der Waals surface area contributed by atoms with E-state index in [0.29, 0.717) is 17.7 Å². The molecule has 0 heterocycles. The largest absolute Gasteiger partial charge is 0.507 e. The number of amides is 1. The van der Waals surface area contributed by atoms with Gasteiger partial charge >= 0.3 is 13.9 Å². The van der Waals surface area contributed by atoms with Crippen LogP contribution in [0, 0.1) is 5.92 Å². The van der Waals surface area contributed by atoms with Crippen LogP contribution in [0.1, 0.15) is 69.1 Å². The number of aryl methyl sites for hydroxylation is 1. The van der Waals surface area contributed by atoms with Crippen LogP contribution in [0.5, 0.6) is 11.5 Å². The van der Waals surface area contributed by atoms with Crippen molar-refractivity contribution in [2.24, 2.45) is 5.92 Å². The van der Waals surface area contributed by atoms with E-state index >= 15 is 0 Å². The van der Waals surface area contributed by atoms with Gasteiger partial charge in [-0.1, -0.05) is 67.5 Å². The minimum absolute atomic E-state index is 0.0466. The van der Waals surface area contributed by atoms with Crippen molar-refractivity contribution in [1.82, 2.24) is 4.90 Å². The number of phenolic OH excluding ortho intramolecular Hbond substituents is 1. The second-order valence-electron chi connectivity index (χ2n) is 10.5. The van der Waals surface area contributed by atoms with Crippen LogP contribution in [-0.2, 0) is 26.6 Å². The number of ether oxygens (including phenoxy) is 1. The molecule has 0 saturated heterocycles. The zero-order valence-corrected chi connectivity index (χ0v) is 24.9. The highest BCUT2D eigenvalue weighted by Crippen LogP contribution is 2.47. The maximum Gasteiger partial charge on any atom is 0.472 e. The average molecular weight is 572 g/mol. The van der Waals surface area contributed by atoms with Crippen LogP contribution in [-0.4, -0.2) is 41.2 Å². The first-order valence-corrected chi connectivity index (χ1v) is 15.3. The fraction of sp³-hybridized carbons (Fsp3) is 0.452. The molecule has 1 amide bonds. The Bertz CT molecular complexity index is 1240. The fourth-order valence-corrected chi connectivity index (χ4v) is 5.69. The Morgan fingerprint density at radius 3 is 2.58 bits per heavy atom. The lowest BCUT2D eigenvalue weighted by Gasteiger charge is -2.32. The van der Waals surface area contributed by atoms with Gasteiger partial charge in [-0.3, -0.25) is 9.05 Å². The van der Waals surface area contributed by atoms with E-state index in [4.69, 9.17) is 13.8 Å². The van der Waals surface area contributed by atoms with Gasteiger partial charge < -0.3 is 19.6 Å². The third-order valence-electron chi connectivity index (χ3n) is 7.07. The summed E-state index contributed by atoms with van der Waals surface area (Å²) in [5, 5.41) is 11.1. The van der Waals surface area contributed by atoms with Crippen LogP contribution in [0.25, 0.3) is 0 Å². The minimum atomic E-state index is -4.23. The van der Waals surface area contributed by atoms with Crippen molar-refractivity contribution in [3.8, 4) is 11.5 Å². The number of nitrogens with zero attached hydrogens (tertiary/aromatic N) is 1. The number of hydrogen-bond acceptors (Lipinski definition) is 6. The summed E-state index contributed by atoms with van der Waals surface area (Å²) in [5.74, 6) is 0.421. The second-order valence-corrected chi connectivity index (χ2v) is 12.0. The molecule has 1 aliphatic carbocycles. The zero-order valence-electron chi connectivity index (χ0n) is 24.0. The number of rotatable bonds is 13. The van der Waals surface area contributed by atoms with E-state index in [1.807, 2.05) is 31.2 Å². The Balaban J connectivity index is 1.65. The summed E-state index contributed by atoms with van der Waals surface area (Å²) in [6, 6.07) is 12.6. The molecule has 2 aromatic rings.